The Morgan fingerprint density at radius 1 is 1.25 bits per heavy atom. The largest absolute Gasteiger partial charge is 0.348 e. The zero-order valence-electron chi connectivity index (χ0n) is 15.7. The normalized spacial score (nSPS) is 16.6. The Balaban J connectivity index is 1.52. The summed E-state index contributed by atoms with van der Waals surface area (Å²) in [4.78, 5) is 31.3. The number of amides is 2. The van der Waals surface area contributed by atoms with Gasteiger partial charge < -0.3 is 10.6 Å². The van der Waals surface area contributed by atoms with Crippen molar-refractivity contribution >= 4 is 28.8 Å². The van der Waals surface area contributed by atoms with Crippen molar-refractivity contribution in [1.29, 1.82) is 0 Å². The van der Waals surface area contributed by atoms with Crippen molar-refractivity contribution in [3.63, 3.8) is 0 Å². The van der Waals surface area contributed by atoms with Crippen molar-refractivity contribution < 1.29 is 18.4 Å². The summed E-state index contributed by atoms with van der Waals surface area (Å²) in [6.07, 6.45) is 1.38. The molecule has 1 fully saturated rings. The quantitative estimate of drug-likeness (QED) is 0.798. The molecular weight excluding hydrogens is 386 g/mol. The van der Waals surface area contributed by atoms with Gasteiger partial charge in [0, 0.05) is 19.1 Å². The number of thiazole rings is 1. The highest BCUT2D eigenvalue weighted by molar-refractivity contribution is 7.11. The average molecular weight is 408 g/mol. The first-order valence-electron chi connectivity index (χ1n) is 9.06. The molecule has 150 valence electrons. The number of rotatable bonds is 5. The Morgan fingerprint density at radius 3 is 2.46 bits per heavy atom. The van der Waals surface area contributed by atoms with Gasteiger partial charge in [0.05, 0.1) is 17.2 Å². The summed E-state index contributed by atoms with van der Waals surface area (Å²) in [6.45, 7) is 4.70. The Bertz CT molecular complexity index is 845. The van der Waals surface area contributed by atoms with E-state index in [0.29, 0.717) is 36.5 Å². The molecule has 28 heavy (non-hydrogen) atoms. The van der Waals surface area contributed by atoms with E-state index in [1.807, 2.05) is 4.90 Å². The fraction of sp³-hybridized carbons (Fsp3) is 0.421. The maximum Gasteiger partial charge on any atom is 0.263 e. The fourth-order valence-electron chi connectivity index (χ4n) is 3.21. The maximum atomic E-state index is 13.7. The highest BCUT2D eigenvalue weighted by atomic mass is 32.1. The lowest BCUT2D eigenvalue weighted by Crippen LogP contribution is -2.50. The Labute approximate surface area is 166 Å². The fourth-order valence-corrected chi connectivity index (χ4v) is 3.92. The molecule has 1 aliphatic rings. The van der Waals surface area contributed by atoms with Gasteiger partial charge in [0.25, 0.3) is 5.91 Å². The molecule has 1 saturated heterocycles. The predicted molar refractivity (Wildman–Crippen MR) is 103 cm³/mol. The number of hydrogen-bond donors (Lipinski definition) is 2. The first-order valence-corrected chi connectivity index (χ1v) is 9.94. The van der Waals surface area contributed by atoms with Crippen LogP contribution in [0.4, 0.5) is 14.5 Å². The van der Waals surface area contributed by atoms with Crippen molar-refractivity contribution in [2.75, 3.05) is 18.4 Å². The second kappa shape index (κ2) is 8.74. The molecule has 2 heterocycles. The molecule has 1 unspecified atom stereocenters. The molecule has 1 aliphatic heterocycles. The van der Waals surface area contributed by atoms with Crippen LogP contribution >= 0.6 is 11.3 Å². The molecule has 6 nitrogen and oxygen atoms in total. The number of aromatic nitrogens is 1. The third kappa shape index (κ3) is 4.53. The van der Waals surface area contributed by atoms with Gasteiger partial charge in [-0.1, -0.05) is 6.07 Å². The van der Waals surface area contributed by atoms with Crippen LogP contribution in [0.15, 0.2) is 23.7 Å². The summed E-state index contributed by atoms with van der Waals surface area (Å²) in [5.74, 6) is -2.20. The van der Waals surface area contributed by atoms with Crippen LogP contribution in [0.25, 0.3) is 0 Å². The first kappa shape index (κ1) is 20.3. The summed E-state index contributed by atoms with van der Waals surface area (Å²) in [7, 11) is 0. The van der Waals surface area contributed by atoms with E-state index >= 15 is 0 Å². The monoisotopic (exact) mass is 408 g/mol. The lowest BCUT2D eigenvalue weighted by molar-refractivity contribution is -0.121. The summed E-state index contributed by atoms with van der Waals surface area (Å²) in [6, 6.07) is 2.92. The summed E-state index contributed by atoms with van der Waals surface area (Å²) >= 11 is 1.31. The number of benzene rings is 1. The maximum absolute atomic E-state index is 13.7. The molecule has 0 spiro atoms. The molecule has 0 radical (unpaired) electrons. The van der Waals surface area contributed by atoms with Gasteiger partial charge in [0.1, 0.15) is 22.2 Å². The highest BCUT2D eigenvalue weighted by Gasteiger charge is 2.28. The van der Waals surface area contributed by atoms with Crippen molar-refractivity contribution in [2.45, 2.75) is 38.8 Å². The van der Waals surface area contributed by atoms with E-state index < -0.39 is 29.3 Å². The number of para-hydroxylation sites is 1. The zero-order valence-corrected chi connectivity index (χ0v) is 16.5. The zero-order chi connectivity index (χ0) is 20.3. The number of piperidine rings is 1. The minimum Gasteiger partial charge on any atom is -0.348 e. The van der Waals surface area contributed by atoms with Gasteiger partial charge in [0.2, 0.25) is 5.91 Å². The molecule has 2 N–H and O–H groups in total. The Kier molecular flexibility index (Phi) is 6.35. The molecule has 2 aromatic rings. The van der Waals surface area contributed by atoms with Crippen LogP contribution in [-0.4, -0.2) is 46.9 Å². The van der Waals surface area contributed by atoms with Gasteiger partial charge in [-0.25, -0.2) is 13.8 Å². The molecule has 0 saturated carbocycles. The van der Waals surface area contributed by atoms with E-state index in [1.54, 1.807) is 19.4 Å². The summed E-state index contributed by atoms with van der Waals surface area (Å²) < 4.78 is 27.4. The molecule has 3 rings (SSSR count). The third-order valence-corrected chi connectivity index (χ3v) is 5.88. The van der Waals surface area contributed by atoms with Crippen LogP contribution in [0.2, 0.25) is 0 Å². The molecule has 9 heteroatoms. The Hall–Kier alpha value is -2.39. The number of likely N-dealkylation sites (tertiary alicyclic amines) is 1. The van der Waals surface area contributed by atoms with Gasteiger partial charge in [-0.3, -0.25) is 14.5 Å². The minimum absolute atomic E-state index is 0.0181. The van der Waals surface area contributed by atoms with E-state index in [1.165, 1.54) is 17.4 Å². The van der Waals surface area contributed by atoms with Crippen LogP contribution in [0.1, 0.15) is 35.1 Å². The number of hydrogen-bond acceptors (Lipinski definition) is 5. The lowest BCUT2D eigenvalue weighted by atomic mass is 10.0. The number of anilines is 1. The number of carbonyl (C=O) groups is 2. The number of halogens is 2. The van der Waals surface area contributed by atoms with E-state index in [-0.39, 0.29) is 11.9 Å². The average Bonchev–Trinajstić information content (AvgIpc) is 3.11. The van der Waals surface area contributed by atoms with E-state index in [4.69, 9.17) is 0 Å². The molecular formula is C19H22F2N4O2S. The standard InChI is InChI=1S/C19H22F2N4O2S/c1-11-17(28-10-22-11)19(27)23-13-6-8-25(9-7-13)12(2)18(26)24-16-14(20)4-3-5-15(16)21/h3-5,10,12-13H,6-9H2,1-2H3,(H,23,27)(H,24,26). The molecule has 2 amide bonds. The van der Waals surface area contributed by atoms with Crippen molar-refractivity contribution in [3.05, 3.63) is 45.9 Å². The van der Waals surface area contributed by atoms with Gasteiger partial charge >= 0.3 is 0 Å². The second-order valence-corrected chi connectivity index (χ2v) is 7.67. The third-order valence-electron chi connectivity index (χ3n) is 4.95. The van der Waals surface area contributed by atoms with Crippen molar-refractivity contribution in [1.82, 2.24) is 15.2 Å². The molecule has 1 aromatic carbocycles. The number of nitrogens with zero attached hydrogens (tertiary/aromatic N) is 2. The van der Waals surface area contributed by atoms with Crippen molar-refractivity contribution in [3.8, 4) is 0 Å². The molecule has 1 atom stereocenters. The molecule has 0 aliphatic carbocycles. The smallest absolute Gasteiger partial charge is 0.263 e. The van der Waals surface area contributed by atoms with Gasteiger partial charge in [-0.2, -0.15) is 0 Å². The molecule has 0 bridgehead atoms. The van der Waals surface area contributed by atoms with Crippen molar-refractivity contribution in [2.24, 2.45) is 0 Å². The predicted octanol–water partition coefficient (Wildman–Crippen LogP) is 2.95. The highest BCUT2D eigenvalue weighted by Crippen LogP contribution is 2.20. The van der Waals surface area contributed by atoms with Gasteiger partial charge in [-0.05, 0) is 38.8 Å². The van der Waals surface area contributed by atoms with Gasteiger partial charge in [0.15, 0.2) is 0 Å². The summed E-state index contributed by atoms with van der Waals surface area (Å²) in [5, 5.41) is 5.35. The first-order chi connectivity index (χ1) is 13.4. The van der Waals surface area contributed by atoms with E-state index in [2.05, 4.69) is 15.6 Å². The molecule has 1 aromatic heterocycles. The topological polar surface area (TPSA) is 74.3 Å². The second-order valence-electron chi connectivity index (χ2n) is 6.81. The van der Waals surface area contributed by atoms with Crippen LogP contribution in [0.3, 0.4) is 0 Å². The van der Waals surface area contributed by atoms with Crippen LogP contribution < -0.4 is 10.6 Å². The van der Waals surface area contributed by atoms with E-state index in [9.17, 15) is 18.4 Å². The number of carbonyl (C=O) groups excluding carboxylic acids is 2. The van der Waals surface area contributed by atoms with Crippen LogP contribution in [0, 0.1) is 18.6 Å². The number of aryl methyl sites for hydroxylation is 1. The number of nitrogens with one attached hydrogen (secondary N) is 2. The van der Waals surface area contributed by atoms with Gasteiger partial charge in [-0.15, -0.1) is 11.3 Å². The Morgan fingerprint density at radius 2 is 1.89 bits per heavy atom. The lowest BCUT2D eigenvalue weighted by Gasteiger charge is -2.35. The minimum atomic E-state index is -0.805. The van der Waals surface area contributed by atoms with E-state index in [0.717, 1.165) is 12.1 Å². The van der Waals surface area contributed by atoms with Crippen LogP contribution in [-0.2, 0) is 4.79 Å². The van der Waals surface area contributed by atoms with Crippen LogP contribution in [0.5, 0.6) is 0 Å². The SMILES string of the molecule is Cc1ncsc1C(=O)NC1CCN(C(C)C(=O)Nc2c(F)cccc2F)CC1. The summed E-state index contributed by atoms with van der Waals surface area (Å²) in [5.41, 5.74) is 1.93.